The lowest BCUT2D eigenvalue weighted by Gasteiger charge is -2.56. The predicted molar refractivity (Wildman–Crippen MR) is 111 cm³/mol. The lowest BCUT2D eigenvalue weighted by molar-refractivity contribution is -0.144. The Morgan fingerprint density at radius 2 is 1.86 bits per heavy atom. The Kier molecular flexibility index (Phi) is 5.72. The lowest BCUT2D eigenvalue weighted by atomic mass is 9.84. The van der Waals surface area contributed by atoms with Crippen molar-refractivity contribution in [1.29, 1.82) is 0 Å². The first-order valence-electron chi connectivity index (χ1n) is 10.6. The van der Waals surface area contributed by atoms with E-state index in [4.69, 9.17) is 0 Å². The number of hydrogen-bond donors (Lipinski definition) is 2. The summed E-state index contributed by atoms with van der Waals surface area (Å²) in [5, 5.41) is 13.2. The summed E-state index contributed by atoms with van der Waals surface area (Å²) >= 11 is 0. The zero-order valence-electron chi connectivity index (χ0n) is 17.0. The monoisotopic (exact) mass is 421 g/mol. The van der Waals surface area contributed by atoms with E-state index in [1.165, 1.54) is 16.3 Å². The number of piperidine rings is 1. The van der Waals surface area contributed by atoms with Crippen LogP contribution in [0.15, 0.2) is 30.3 Å². The number of nitrogens with one attached hydrogen (secondary N) is 1. The molecule has 4 rings (SSSR count). The molecule has 3 fully saturated rings. The highest BCUT2D eigenvalue weighted by Crippen LogP contribution is 2.42. The molecule has 1 aliphatic carbocycles. The van der Waals surface area contributed by atoms with Crippen LogP contribution in [-0.4, -0.2) is 78.3 Å². The number of sulfonamides is 1. The van der Waals surface area contributed by atoms with Crippen LogP contribution in [0.3, 0.4) is 0 Å². The van der Waals surface area contributed by atoms with Gasteiger partial charge in [-0.05, 0) is 31.7 Å². The van der Waals surface area contributed by atoms with Gasteiger partial charge < -0.3 is 10.4 Å². The summed E-state index contributed by atoms with van der Waals surface area (Å²) in [5.74, 6) is -0.193. The molecule has 0 spiro atoms. The van der Waals surface area contributed by atoms with E-state index in [2.05, 4.69) is 34.5 Å². The minimum atomic E-state index is -3.26. The van der Waals surface area contributed by atoms with Gasteiger partial charge >= 0.3 is 5.97 Å². The Bertz CT molecular complexity index is 831. The van der Waals surface area contributed by atoms with Crippen LogP contribution in [0, 0.1) is 0 Å². The van der Waals surface area contributed by atoms with E-state index in [0.29, 0.717) is 31.1 Å². The van der Waals surface area contributed by atoms with Crippen LogP contribution < -0.4 is 5.32 Å². The first-order valence-corrected chi connectivity index (χ1v) is 12.2. The van der Waals surface area contributed by atoms with Gasteiger partial charge in [0, 0.05) is 44.2 Å². The molecule has 0 radical (unpaired) electrons. The fourth-order valence-electron chi connectivity index (χ4n) is 4.97. The van der Waals surface area contributed by atoms with Gasteiger partial charge in [0.05, 0.1) is 17.7 Å². The van der Waals surface area contributed by atoms with Crippen molar-refractivity contribution in [2.75, 3.05) is 31.9 Å². The number of benzene rings is 1. The highest BCUT2D eigenvalue weighted by molar-refractivity contribution is 7.89. The Hall–Kier alpha value is -1.48. The maximum absolute atomic E-state index is 12.1. The molecule has 1 saturated carbocycles. The van der Waals surface area contributed by atoms with Gasteiger partial charge in [0.1, 0.15) is 0 Å². The van der Waals surface area contributed by atoms with Crippen LogP contribution in [-0.2, 0) is 14.8 Å². The summed E-state index contributed by atoms with van der Waals surface area (Å²) in [5.41, 5.74) is 0.847. The predicted octanol–water partition coefficient (Wildman–Crippen LogP) is 1.48. The Morgan fingerprint density at radius 3 is 2.45 bits per heavy atom. The molecule has 160 valence electrons. The van der Waals surface area contributed by atoms with E-state index in [1.54, 1.807) is 6.92 Å². The quantitative estimate of drug-likeness (QED) is 0.661. The first-order chi connectivity index (χ1) is 13.8. The average molecular weight is 422 g/mol. The summed E-state index contributed by atoms with van der Waals surface area (Å²) in [6.45, 7) is 3.85. The van der Waals surface area contributed by atoms with Crippen molar-refractivity contribution in [3.05, 3.63) is 35.9 Å². The summed E-state index contributed by atoms with van der Waals surface area (Å²) in [6, 6.07) is 11.6. The second-order valence-corrected chi connectivity index (χ2v) is 11.0. The van der Waals surface area contributed by atoms with E-state index < -0.39 is 21.5 Å². The number of nitrogens with zero attached hydrogens (tertiary/aromatic N) is 2. The molecule has 1 unspecified atom stereocenters. The molecule has 3 aliphatic rings. The molecule has 2 N–H and O–H groups in total. The van der Waals surface area contributed by atoms with Crippen LogP contribution in [0.25, 0.3) is 0 Å². The molecule has 2 saturated heterocycles. The Labute approximate surface area is 173 Å². The van der Waals surface area contributed by atoms with Crippen LogP contribution in [0.5, 0.6) is 0 Å². The molecule has 2 heterocycles. The van der Waals surface area contributed by atoms with Crippen molar-refractivity contribution in [3.8, 4) is 0 Å². The van der Waals surface area contributed by atoms with Crippen LogP contribution >= 0.6 is 0 Å². The van der Waals surface area contributed by atoms with E-state index in [-0.39, 0.29) is 12.2 Å². The average Bonchev–Trinajstić information content (AvgIpc) is 3.44. The standard InChI is InChI=1S/C21H31N3O4S/c1-2-29(27,28)24-14-21(15-24,13-20(25)26)23-10-8-17(9-11-23)22-19-12-18(19)16-6-4-3-5-7-16/h3-7,17-19,22H,2,8-15H2,1H3,(H,25,26)/t18?,19-/m1/s1. The number of carboxylic acid groups (broad SMARTS) is 1. The maximum atomic E-state index is 12.1. The van der Waals surface area contributed by atoms with Crippen molar-refractivity contribution in [2.24, 2.45) is 0 Å². The maximum Gasteiger partial charge on any atom is 0.305 e. The zero-order valence-corrected chi connectivity index (χ0v) is 17.8. The molecule has 8 heteroatoms. The SMILES string of the molecule is CCS(=O)(=O)N1CC(CC(=O)O)(N2CCC(N[C@@H]3CC3c3ccccc3)CC2)C1. The molecular weight excluding hydrogens is 390 g/mol. The van der Waals surface area contributed by atoms with Crippen LogP contribution in [0.2, 0.25) is 0 Å². The second kappa shape index (κ2) is 7.98. The molecule has 7 nitrogen and oxygen atoms in total. The van der Waals surface area contributed by atoms with E-state index in [1.807, 2.05) is 6.07 Å². The van der Waals surface area contributed by atoms with Gasteiger partial charge in [-0.2, -0.15) is 4.31 Å². The summed E-state index contributed by atoms with van der Waals surface area (Å²) in [6.07, 6.45) is 3.12. The molecule has 0 aromatic heterocycles. The number of carbonyl (C=O) groups is 1. The van der Waals surface area contributed by atoms with Gasteiger partial charge in [0.2, 0.25) is 10.0 Å². The largest absolute Gasteiger partial charge is 0.481 e. The minimum absolute atomic E-state index is 0.000461. The van der Waals surface area contributed by atoms with E-state index in [9.17, 15) is 18.3 Å². The third-order valence-corrected chi connectivity index (χ3v) is 8.59. The summed E-state index contributed by atoms with van der Waals surface area (Å²) in [4.78, 5) is 13.7. The topological polar surface area (TPSA) is 90.0 Å². The van der Waals surface area contributed by atoms with Gasteiger partial charge in [-0.25, -0.2) is 8.42 Å². The highest BCUT2D eigenvalue weighted by atomic mass is 32.2. The van der Waals surface area contributed by atoms with Crippen molar-refractivity contribution in [1.82, 2.24) is 14.5 Å². The third-order valence-electron chi connectivity index (χ3n) is 6.81. The Balaban J connectivity index is 1.30. The molecular formula is C21H31N3O4S. The number of carboxylic acids is 1. The lowest BCUT2D eigenvalue weighted by Crippen LogP contribution is -2.73. The summed E-state index contributed by atoms with van der Waals surface area (Å²) in [7, 11) is -3.26. The van der Waals surface area contributed by atoms with Gasteiger partial charge in [-0.3, -0.25) is 9.69 Å². The van der Waals surface area contributed by atoms with E-state index >= 15 is 0 Å². The molecule has 0 bridgehead atoms. The van der Waals surface area contributed by atoms with E-state index in [0.717, 1.165) is 25.9 Å². The number of hydrogen-bond acceptors (Lipinski definition) is 5. The molecule has 1 aromatic rings. The molecule has 29 heavy (non-hydrogen) atoms. The fraction of sp³-hybridized carbons (Fsp3) is 0.667. The Morgan fingerprint density at radius 1 is 1.21 bits per heavy atom. The smallest absolute Gasteiger partial charge is 0.305 e. The van der Waals surface area contributed by atoms with Gasteiger partial charge in [-0.15, -0.1) is 0 Å². The summed E-state index contributed by atoms with van der Waals surface area (Å²) < 4.78 is 25.7. The van der Waals surface area contributed by atoms with Crippen molar-refractivity contribution in [3.63, 3.8) is 0 Å². The van der Waals surface area contributed by atoms with Crippen LogP contribution in [0.4, 0.5) is 0 Å². The van der Waals surface area contributed by atoms with Crippen LogP contribution in [0.1, 0.15) is 44.1 Å². The molecule has 0 amide bonds. The molecule has 1 aromatic carbocycles. The van der Waals surface area contributed by atoms with Gasteiger partial charge in [0.25, 0.3) is 0 Å². The third kappa shape index (κ3) is 4.35. The number of rotatable bonds is 8. The highest BCUT2D eigenvalue weighted by Gasteiger charge is 2.53. The van der Waals surface area contributed by atoms with Gasteiger partial charge in [0.15, 0.2) is 0 Å². The molecule has 2 aliphatic heterocycles. The zero-order chi connectivity index (χ0) is 20.6. The second-order valence-electron chi connectivity index (χ2n) is 8.75. The van der Waals surface area contributed by atoms with Crippen molar-refractivity contribution >= 4 is 16.0 Å². The van der Waals surface area contributed by atoms with Crippen molar-refractivity contribution < 1.29 is 18.3 Å². The first kappa shape index (κ1) is 20.8. The minimum Gasteiger partial charge on any atom is -0.481 e. The van der Waals surface area contributed by atoms with Crippen molar-refractivity contribution in [2.45, 2.75) is 56.1 Å². The fourth-order valence-corrected chi connectivity index (χ4v) is 6.20. The number of likely N-dealkylation sites (tertiary alicyclic amines) is 1. The number of aliphatic carboxylic acids is 1. The molecule has 2 atom stereocenters. The van der Waals surface area contributed by atoms with Gasteiger partial charge in [-0.1, -0.05) is 30.3 Å². The normalized spacial score (nSPS) is 28.0.